The third-order valence-electron chi connectivity index (χ3n) is 3.06. The van der Waals surface area contributed by atoms with Gasteiger partial charge in [-0.05, 0) is 33.4 Å². The van der Waals surface area contributed by atoms with Crippen molar-refractivity contribution in [2.45, 2.75) is 33.7 Å². The van der Waals surface area contributed by atoms with Gasteiger partial charge < -0.3 is 15.2 Å². The largest absolute Gasteiger partial charge is 0.492 e. The summed E-state index contributed by atoms with van der Waals surface area (Å²) in [5, 5.41) is 12.4. The maximum atomic E-state index is 11.1. The van der Waals surface area contributed by atoms with Crippen molar-refractivity contribution in [1.82, 2.24) is 5.32 Å². The summed E-state index contributed by atoms with van der Waals surface area (Å²) in [6.07, 6.45) is 0. The van der Waals surface area contributed by atoms with Crippen molar-refractivity contribution in [3.8, 4) is 5.75 Å². The molecule has 1 atom stereocenters. The highest BCUT2D eigenvalue weighted by Gasteiger charge is 2.28. The minimum atomic E-state index is -0.894. The van der Waals surface area contributed by atoms with E-state index in [0.29, 0.717) is 0 Å². The van der Waals surface area contributed by atoms with Gasteiger partial charge in [-0.25, -0.2) is 0 Å². The minimum absolute atomic E-state index is 0.151. The van der Waals surface area contributed by atoms with Crippen LogP contribution in [0.2, 0.25) is 0 Å². The van der Waals surface area contributed by atoms with Gasteiger partial charge in [-0.15, -0.1) is 0 Å². The number of hydrogen-bond donors (Lipinski definition) is 2. The molecule has 106 valence electrons. The second-order valence-corrected chi connectivity index (χ2v) is 5.29. The van der Waals surface area contributed by atoms with Gasteiger partial charge in [0.25, 0.3) is 0 Å². The lowest BCUT2D eigenvalue weighted by Gasteiger charge is -2.22. The summed E-state index contributed by atoms with van der Waals surface area (Å²) in [7, 11) is 0. The molecule has 0 aromatic heterocycles. The monoisotopic (exact) mass is 265 g/mol. The molecule has 1 unspecified atom stereocenters. The Morgan fingerprint density at radius 3 is 2.63 bits per heavy atom. The van der Waals surface area contributed by atoms with Gasteiger partial charge in [-0.1, -0.05) is 25.1 Å². The summed E-state index contributed by atoms with van der Waals surface area (Å²) in [6.45, 7) is 8.45. The molecule has 0 spiro atoms. The van der Waals surface area contributed by atoms with Crippen molar-refractivity contribution in [3.63, 3.8) is 0 Å². The van der Waals surface area contributed by atoms with E-state index in [4.69, 9.17) is 9.84 Å². The second kappa shape index (κ2) is 6.57. The number of rotatable bonds is 7. The Kier molecular flexibility index (Phi) is 5.36. The van der Waals surface area contributed by atoms with Gasteiger partial charge in [0.1, 0.15) is 12.4 Å². The van der Waals surface area contributed by atoms with Crippen molar-refractivity contribution in [2.24, 2.45) is 5.41 Å². The molecule has 1 aromatic carbocycles. The average Bonchev–Trinajstić information content (AvgIpc) is 2.37. The molecule has 0 amide bonds. The van der Waals surface area contributed by atoms with Gasteiger partial charge in [0.2, 0.25) is 0 Å². The fourth-order valence-electron chi connectivity index (χ4n) is 1.71. The molecule has 0 aliphatic rings. The van der Waals surface area contributed by atoms with Crippen molar-refractivity contribution in [1.29, 1.82) is 0 Å². The van der Waals surface area contributed by atoms with E-state index in [1.807, 2.05) is 31.2 Å². The quantitative estimate of drug-likeness (QED) is 0.796. The molecular weight excluding hydrogens is 242 g/mol. The van der Waals surface area contributed by atoms with Crippen LogP contribution in [-0.2, 0) is 4.79 Å². The van der Waals surface area contributed by atoms with Crippen LogP contribution in [-0.4, -0.2) is 24.2 Å². The third-order valence-corrected chi connectivity index (χ3v) is 3.06. The van der Waals surface area contributed by atoms with E-state index in [-0.39, 0.29) is 12.6 Å². The zero-order chi connectivity index (χ0) is 14.5. The van der Waals surface area contributed by atoms with Crippen LogP contribution in [0.4, 0.5) is 0 Å². The van der Waals surface area contributed by atoms with Gasteiger partial charge >= 0.3 is 5.97 Å². The third kappa shape index (κ3) is 4.24. The minimum Gasteiger partial charge on any atom is -0.492 e. The number of aliphatic carboxylic acids is 1. The Hall–Kier alpha value is -1.55. The van der Waals surface area contributed by atoms with E-state index < -0.39 is 11.4 Å². The SMILES string of the molecule is CCNC(C)c1ccccc1OCC(C)(C)C(=O)O. The smallest absolute Gasteiger partial charge is 0.312 e. The Morgan fingerprint density at radius 2 is 2.05 bits per heavy atom. The molecule has 0 aliphatic carbocycles. The highest BCUT2D eigenvalue weighted by atomic mass is 16.5. The summed E-state index contributed by atoms with van der Waals surface area (Å²) in [5.74, 6) is -0.116. The molecule has 0 saturated heterocycles. The highest BCUT2D eigenvalue weighted by Crippen LogP contribution is 2.26. The van der Waals surface area contributed by atoms with Crippen molar-refractivity contribution in [2.75, 3.05) is 13.2 Å². The van der Waals surface area contributed by atoms with Crippen molar-refractivity contribution >= 4 is 5.97 Å². The second-order valence-electron chi connectivity index (χ2n) is 5.29. The van der Waals surface area contributed by atoms with Gasteiger partial charge in [-0.2, -0.15) is 0 Å². The van der Waals surface area contributed by atoms with Crippen molar-refractivity contribution < 1.29 is 14.6 Å². The zero-order valence-corrected chi connectivity index (χ0v) is 12.1. The molecule has 0 aliphatic heterocycles. The fraction of sp³-hybridized carbons (Fsp3) is 0.533. The first-order chi connectivity index (χ1) is 8.88. The van der Waals surface area contributed by atoms with E-state index in [0.717, 1.165) is 17.9 Å². The van der Waals surface area contributed by atoms with Crippen LogP contribution in [0.1, 0.15) is 39.3 Å². The summed E-state index contributed by atoms with van der Waals surface area (Å²) in [4.78, 5) is 11.1. The maximum absolute atomic E-state index is 11.1. The van der Waals surface area contributed by atoms with Gasteiger partial charge in [-0.3, -0.25) is 4.79 Å². The Balaban J connectivity index is 2.81. The summed E-state index contributed by atoms with van der Waals surface area (Å²) >= 11 is 0. The molecule has 0 radical (unpaired) electrons. The molecular formula is C15H23NO3. The Labute approximate surface area is 114 Å². The fourth-order valence-corrected chi connectivity index (χ4v) is 1.71. The molecule has 4 heteroatoms. The summed E-state index contributed by atoms with van der Waals surface area (Å²) in [6, 6.07) is 7.90. The normalized spacial score (nSPS) is 13.1. The predicted molar refractivity (Wildman–Crippen MR) is 75.4 cm³/mol. The molecule has 0 heterocycles. The molecule has 2 N–H and O–H groups in total. The molecule has 1 rings (SSSR count). The number of carbonyl (C=O) groups is 1. The van der Waals surface area contributed by atoms with E-state index >= 15 is 0 Å². The number of hydrogen-bond acceptors (Lipinski definition) is 3. The lowest BCUT2D eigenvalue weighted by atomic mass is 9.95. The maximum Gasteiger partial charge on any atom is 0.312 e. The van der Waals surface area contributed by atoms with Crippen LogP contribution >= 0.6 is 0 Å². The standard InChI is InChI=1S/C15H23NO3/c1-5-16-11(2)12-8-6-7-9-13(12)19-10-15(3,4)14(17)18/h6-9,11,16H,5,10H2,1-4H3,(H,17,18). The molecule has 19 heavy (non-hydrogen) atoms. The predicted octanol–water partition coefficient (Wildman–Crippen LogP) is 2.85. The van der Waals surface area contributed by atoms with E-state index in [2.05, 4.69) is 12.2 Å². The van der Waals surface area contributed by atoms with Crippen molar-refractivity contribution in [3.05, 3.63) is 29.8 Å². The first-order valence-electron chi connectivity index (χ1n) is 6.57. The molecule has 0 fully saturated rings. The van der Waals surface area contributed by atoms with E-state index in [9.17, 15) is 4.79 Å². The lowest BCUT2D eigenvalue weighted by Crippen LogP contribution is -2.31. The first kappa shape index (κ1) is 15.5. The van der Waals surface area contributed by atoms with Crippen LogP contribution in [0.25, 0.3) is 0 Å². The highest BCUT2D eigenvalue weighted by molar-refractivity contribution is 5.73. The van der Waals surface area contributed by atoms with Gasteiger partial charge in [0.05, 0.1) is 5.41 Å². The van der Waals surface area contributed by atoms with Crippen LogP contribution in [0.5, 0.6) is 5.75 Å². The van der Waals surface area contributed by atoms with E-state index in [1.165, 1.54) is 0 Å². The first-order valence-corrected chi connectivity index (χ1v) is 6.57. The number of benzene rings is 1. The molecule has 4 nitrogen and oxygen atoms in total. The van der Waals surface area contributed by atoms with Gasteiger partial charge in [0, 0.05) is 11.6 Å². The number of carboxylic acid groups (broad SMARTS) is 1. The Morgan fingerprint density at radius 1 is 1.42 bits per heavy atom. The number of nitrogens with one attached hydrogen (secondary N) is 1. The van der Waals surface area contributed by atoms with Crippen LogP contribution < -0.4 is 10.1 Å². The average molecular weight is 265 g/mol. The summed E-state index contributed by atoms with van der Waals surface area (Å²) in [5.41, 5.74) is 0.152. The van der Waals surface area contributed by atoms with Gasteiger partial charge in [0.15, 0.2) is 0 Å². The number of ether oxygens (including phenoxy) is 1. The molecule has 0 bridgehead atoms. The van der Waals surface area contributed by atoms with E-state index in [1.54, 1.807) is 13.8 Å². The van der Waals surface area contributed by atoms with Crippen LogP contribution in [0.3, 0.4) is 0 Å². The number of para-hydroxylation sites is 1. The zero-order valence-electron chi connectivity index (χ0n) is 12.1. The Bertz CT molecular complexity index is 429. The molecule has 1 aromatic rings. The van der Waals surface area contributed by atoms with Crippen LogP contribution in [0.15, 0.2) is 24.3 Å². The molecule has 0 saturated carbocycles. The van der Waals surface area contributed by atoms with Crippen LogP contribution in [0, 0.1) is 5.41 Å². The summed E-state index contributed by atoms with van der Waals surface area (Å²) < 4.78 is 5.71. The lowest BCUT2D eigenvalue weighted by molar-refractivity contribution is -0.148. The topological polar surface area (TPSA) is 58.6 Å². The number of carboxylic acids is 1.